The first-order valence-corrected chi connectivity index (χ1v) is 9.19. The first-order chi connectivity index (χ1) is 9.64. The summed E-state index contributed by atoms with van der Waals surface area (Å²) in [5.41, 5.74) is 0. The van der Waals surface area contributed by atoms with Crippen LogP contribution in [0.25, 0.3) is 0 Å². The molecule has 4 unspecified atom stereocenters. The SMILES string of the molecule is CCC1C(C(C)C)N(C(C)C)C(C(C)C)C(C)N1C(C)C. The first kappa shape index (κ1) is 19.0. The third-order valence-corrected chi connectivity index (χ3v) is 5.41. The fraction of sp³-hybridized carbons (Fsp3) is 1.00. The molecule has 1 rings (SSSR count). The lowest BCUT2D eigenvalue weighted by Gasteiger charge is -2.60. The Bertz CT molecular complexity index is 309. The summed E-state index contributed by atoms with van der Waals surface area (Å²) in [4.78, 5) is 5.67. The van der Waals surface area contributed by atoms with Crippen molar-refractivity contribution in [3.05, 3.63) is 0 Å². The van der Waals surface area contributed by atoms with Gasteiger partial charge in [0.15, 0.2) is 0 Å². The summed E-state index contributed by atoms with van der Waals surface area (Å²) in [5.74, 6) is 1.40. The summed E-state index contributed by atoms with van der Waals surface area (Å²) in [5, 5.41) is 0. The quantitative estimate of drug-likeness (QED) is 0.729. The normalized spacial score (nSPS) is 32.9. The van der Waals surface area contributed by atoms with E-state index in [1.54, 1.807) is 0 Å². The van der Waals surface area contributed by atoms with Gasteiger partial charge in [-0.2, -0.15) is 0 Å². The largest absolute Gasteiger partial charge is 0.292 e. The topological polar surface area (TPSA) is 6.48 Å². The maximum atomic E-state index is 2.85. The van der Waals surface area contributed by atoms with Crippen molar-refractivity contribution in [3.8, 4) is 0 Å². The van der Waals surface area contributed by atoms with Gasteiger partial charge in [0.1, 0.15) is 0 Å². The Kier molecular flexibility index (Phi) is 6.74. The molecular formula is C19H40N2. The van der Waals surface area contributed by atoms with Crippen LogP contribution in [-0.2, 0) is 0 Å². The average molecular weight is 297 g/mol. The Labute approximate surface area is 134 Å². The molecule has 4 atom stereocenters. The van der Waals surface area contributed by atoms with E-state index in [1.807, 2.05) is 0 Å². The Balaban J connectivity index is 3.33. The molecule has 2 nitrogen and oxygen atoms in total. The molecule has 0 aliphatic carbocycles. The van der Waals surface area contributed by atoms with E-state index in [2.05, 4.69) is 79.0 Å². The van der Waals surface area contributed by atoms with Gasteiger partial charge in [0.25, 0.3) is 0 Å². The minimum absolute atomic E-state index is 0.621. The predicted molar refractivity (Wildman–Crippen MR) is 94.7 cm³/mol. The van der Waals surface area contributed by atoms with E-state index in [-0.39, 0.29) is 0 Å². The van der Waals surface area contributed by atoms with Gasteiger partial charge in [-0.05, 0) is 52.9 Å². The lowest BCUT2D eigenvalue weighted by atomic mass is 9.79. The second-order valence-electron chi connectivity index (χ2n) is 8.27. The standard InChI is InChI=1S/C19H40N2/c1-11-17-19(13(4)5)21(15(8)9)18(12(2)3)16(10)20(17)14(6)7/h12-19H,11H2,1-10H3. The second-order valence-corrected chi connectivity index (χ2v) is 8.27. The Morgan fingerprint density at radius 1 is 0.714 bits per heavy atom. The molecule has 0 amide bonds. The number of nitrogens with zero attached hydrogens (tertiary/aromatic N) is 2. The van der Waals surface area contributed by atoms with Crippen LogP contribution in [0.15, 0.2) is 0 Å². The smallest absolute Gasteiger partial charge is 0.0281 e. The third kappa shape index (κ3) is 3.64. The summed E-state index contributed by atoms with van der Waals surface area (Å²) in [6.07, 6.45) is 1.25. The molecule has 0 aromatic rings. The van der Waals surface area contributed by atoms with Gasteiger partial charge in [-0.25, -0.2) is 0 Å². The number of hydrogen-bond acceptors (Lipinski definition) is 2. The highest BCUT2D eigenvalue weighted by molar-refractivity contribution is 5.04. The van der Waals surface area contributed by atoms with Gasteiger partial charge in [0.2, 0.25) is 0 Å². The van der Waals surface area contributed by atoms with Gasteiger partial charge in [-0.3, -0.25) is 9.80 Å². The zero-order valence-electron chi connectivity index (χ0n) is 16.2. The van der Waals surface area contributed by atoms with Gasteiger partial charge >= 0.3 is 0 Å². The van der Waals surface area contributed by atoms with Crippen molar-refractivity contribution in [3.63, 3.8) is 0 Å². The van der Waals surface area contributed by atoms with Crippen LogP contribution in [0.5, 0.6) is 0 Å². The van der Waals surface area contributed by atoms with Gasteiger partial charge in [0.05, 0.1) is 0 Å². The number of piperazine rings is 1. The van der Waals surface area contributed by atoms with Gasteiger partial charge in [0, 0.05) is 36.3 Å². The van der Waals surface area contributed by atoms with E-state index in [0.717, 1.165) is 0 Å². The minimum Gasteiger partial charge on any atom is -0.292 e. The van der Waals surface area contributed by atoms with E-state index in [4.69, 9.17) is 0 Å². The molecule has 2 heteroatoms. The van der Waals surface area contributed by atoms with Crippen molar-refractivity contribution in [2.75, 3.05) is 0 Å². The van der Waals surface area contributed by atoms with Crippen LogP contribution in [-0.4, -0.2) is 46.1 Å². The predicted octanol–water partition coefficient (Wildman–Crippen LogP) is 4.64. The van der Waals surface area contributed by atoms with Crippen LogP contribution in [0.2, 0.25) is 0 Å². The van der Waals surface area contributed by atoms with E-state index in [9.17, 15) is 0 Å². The van der Waals surface area contributed by atoms with E-state index < -0.39 is 0 Å². The molecule has 1 aliphatic heterocycles. The molecule has 1 heterocycles. The van der Waals surface area contributed by atoms with Gasteiger partial charge in [-0.1, -0.05) is 34.6 Å². The van der Waals surface area contributed by atoms with Crippen LogP contribution in [0, 0.1) is 11.8 Å². The Morgan fingerprint density at radius 3 is 1.43 bits per heavy atom. The zero-order valence-corrected chi connectivity index (χ0v) is 16.2. The summed E-state index contributed by atoms with van der Waals surface area (Å²) in [6.45, 7) is 24.0. The molecular weight excluding hydrogens is 256 g/mol. The maximum Gasteiger partial charge on any atom is 0.0281 e. The van der Waals surface area contributed by atoms with Gasteiger partial charge < -0.3 is 0 Å². The zero-order chi connectivity index (χ0) is 16.5. The van der Waals surface area contributed by atoms with Crippen LogP contribution in [0.1, 0.15) is 75.7 Å². The molecule has 0 aromatic heterocycles. The van der Waals surface area contributed by atoms with Crippen molar-refractivity contribution in [1.29, 1.82) is 0 Å². The lowest BCUT2D eigenvalue weighted by Crippen LogP contribution is -2.72. The lowest BCUT2D eigenvalue weighted by molar-refractivity contribution is -0.114. The van der Waals surface area contributed by atoms with Crippen molar-refractivity contribution in [2.24, 2.45) is 11.8 Å². The highest BCUT2D eigenvalue weighted by Gasteiger charge is 2.48. The van der Waals surface area contributed by atoms with Crippen molar-refractivity contribution in [1.82, 2.24) is 9.80 Å². The summed E-state index contributed by atoms with van der Waals surface area (Å²) in [6, 6.07) is 3.88. The monoisotopic (exact) mass is 296 g/mol. The van der Waals surface area contributed by atoms with E-state index in [0.29, 0.717) is 48.1 Å². The van der Waals surface area contributed by atoms with Crippen molar-refractivity contribution < 1.29 is 0 Å². The summed E-state index contributed by atoms with van der Waals surface area (Å²) >= 11 is 0. The Hall–Kier alpha value is -0.0800. The molecule has 1 aliphatic rings. The molecule has 1 saturated heterocycles. The average Bonchev–Trinajstić information content (AvgIpc) is 2.34. The van der Waals surface area contributed by atoms with Crippen molar-refractivity contribution >= 4 is 0 Å². The highest BCUT2D eigenvalue weighted by atomic mass is 15.4. The molecule has 0 saturated carbocycles. The molecule has 0 spiro atoms. The minimum atomic E-state index is 0.621. The third-order valence-electron chi connectivity index (χ3n) is 5.41. The molecule has 0 N–H and O–H groups in total. The van der Waals surface area contributed by atoms with Crippen LogP contribution >= 0.6 is 0 Å². The Morgan fingerprint density at radius 2 is 1.14 bits per heavy atom. The number of hydrogen-bond donors (Lipinski definition) is 0. The molecule has 126 valence electrons. The molecule has 21 heavy (non-hydrogen) atoms. The van der Waals surface area contributed by atoms with Crippen LogP contribution in [0.3, 0.4) is 0 Å². The number of rotatable bonds is 5. The van der Waals surface area contributed by atoms with E-state index >= 15 is 0 Å². The summed E-state index contributed by atoms with van der Waals surface area (Å²) in [7, 11) is 0. The van der Waals surface area contributed by atoms with Crippen LogP contribution < -0.4 is 0 Å². The molecule has 0 aromatic carbocycles. The fourth-order valence-electron chi connectivity index (χ4n) is 4.99. The second kappa shape index (κ2) is 7.46. The molecule has 1 fully saturated rings. The van der Waals surface area contributed by atoms with Crippen LogP contribution in [0.4, 0.5) is 0 Å². The molecule has 0 radical (unpaired) electrons. The maximum absolute atomic E-state index is 2.85. The van der Waals surface area contributed by atoms with Crippen molar-refractivity contribution in [2.45, 2.75) is 112 Å². The summed E-state index contributed by atoms with van der Waals surface area (Å²) < 4.78 is 0. The fourth-order valence-corrected chi connectivity index (χ4v) is 4.99. The molecule has 0 bridgehead atoms. The highest BCUT2D eigenvalue weighted by Crippen LogP contribution is 2.37. The van der Waals surface area contributed by atoms with E-state index in [1.165, 1.54) is 6.42 Å². The van der Waals surface area contributed by atoms with Gasteiger partial charge in [-0.15, -0.1) is 0 Å². The first-order valence-electron chi connectivity index (χ1n) is 9.19.